The lowest BCUT2D eigenvalue weighted by atomic mass is 9.75. The van der Waals surface area contributed by atoms with E-state index in [9.17, 15) is 5.11 Å². The zero-order valence-electron chi connectivity index (χ0n) is 9.89. The summed E-state index contributed by atoms with van der Waals surface area (Å²) in [7, 11) is 0. The summed E-state index contributed by atoms with van der Waals surface area (Å²) in [5.41, 5.74) is 0.0451. The van der Waals surface area contributed by atoms with Gasteiger partial charge < -0.3 is 9.84 Å². The van der Waals surface area contributed by atoms with Gasteiger partial charge in [-0.1, -0.05) is 12.1 Å². The number of nitrogens with zero attached hydrogens (tertiary/aromatic N) is 3. The smallest absolute Gasteiger partial charge is 0.113 e. The minimum atomic E-state index is -0.779. The quantitative estimate of drug-likeness (QED) is 0.814. The molecule has 1 aromatic rings. The van der Waals surface area contributed by atoms with Crippen LogP contribution in [0.1, 0.15) is 38.8 Å². The molecule has 1 saturated carbocycles. The minimum absolute atomic E-state index is 0.181. The fourth-order valence-corrected chi connectivity index (χ4v) is 2.25. The molecule has 0 unspecified atom stereocenters. The zero-order chi connectivity index (χ0) is 11.6. The number of aliphatic hydroxyl groups is 1. The van der Waals surface area contributed by atoms with Gasteiger partial charge in [0.2, 0.25) is 0 Å². The molecule has 0 bridgehead atoms. The molecule has 0 spiro atoms. The summed E-state index contributed by atoms with van der Waals surface area (Å²) >= 11 is 0. The molecule has 1 aromatic heterocycles. The highest BCUT2D eigenvalue weighted by Gasteiger charge is 2.47. The van der Waals surface area contributed by atoms with Crippen LogP contribution in [-0.2, 0) is 16.9 Å². The van der Waals surface area contributed by atoms with Crippen molar-refractivity contribution in [3.63, 3.8) is 0 Å². The molecule has 1 N–H and O–H groups in total. The lowest BCUT2D eigenvalue weighted by Gasteiger charge is -2.42. The van der Waals surface area contributed by atoms with Gasteiger partial charge in [0.25, 0.3) is 0 Å². The van der Waals surface area contributed by atoms with Gasteiger partial charge in [-0.05, 0) is 13.3 Å². The second kappa shape index (κ2) is 4.51. The van der Waals surface area contributed by atoms with E-state index in [2.05, 4.69) is 17.2 Å². The molecule has 0 radical (unpaired) electrons. The van der Waals surface area contributed by atoms with Gasteiger partial charge in [0.05, 0.1) is 18.0 Å². The first-order chi connectivity index (χ1) is 7.69. The molecule has 16 heavy (non-hydrogen) atoms. The first-order valence-corrected chi connectivity index (χ1v) is 5.92. The molecule has 1 fully saturated rings. The maximum atomic E-state index is 10.4. The molecule has 0 amide bonds. The number of hydrogen-bond acceptors (Lipinski definition) is 4. The fraction of sp³-hybridized carbons (Fsp3) is 0.818. The lowest BCUT2D eigenvalue weighted by molar-refractivity contribution is -0.146. The SMILES string of the molecule is CCCn1nncc1C1(O)CC(OCC)C1. The number of hydrogen-bond donors (Lipinski definition) is 1. The molecule has 1 aliphatic rings. The summed E-state index contributed by atoms with van der Waals surface area (Å²) in [5.74, 6) is 0. The van der Waals surface area contributed by atoms with Crippen molar-refractivity contribution < 1.29 is 9.84 Å². The second-order valence-corrected chi connectivity index (χ2v) is 4.36. The van der Waals surface area contributed by atoms with E-state index in [1.807, 2.05) is 6.92 Å². The largest absolute Gasteiger partial charge is 0.383 e. The molecule has 90 valence electrons. The second-order valence-electron chi connectivity index (χ2n) is 4.36. The van der Waals surface area contributed by atoms with Crippen molar-refractivity contribution in [3.05, 3.63) is 11.9 Å². The Morgan fingerprint density at radius 1 is 1.56 bits per heavy atom. The summed E-state index contributed by atoms with van der Waals surface area (Å²) in [4.78, 5) is 0. The molecule has 5 heteroatoms. The maximum absolute atomic E-state index is 10.4. The molecule has 5 nitrogen and oxygen atoms in total. The normalized spacial score (nSPS) is 29.1. The molecule has 1 aliphatic carbocycles. The Morgan fingerprint density at radius 2 is 2.31 bits per heavy atom. The standard InChI is InChI=1S/C11H19N3O2/c1-3-5-14-10(8-12-13-14)11(15)6-9(7-11)16-4-2/h8-9,15H,3-7H2,1-2H3. The third-order valence-corrected chi connectivity index (χ3v) is 3.06. The molecule has 2 rings (SSSR count). The van der Waals surface area contributed by atoms with E-state index in [1.54, 1.807) is 10.9 Å². The van der Waals surface area contributed by atoms with Gasteiger partial charge >= 0.3 is 0 Å². The maximum Gasteiger partial charge on any atom is 0.113 e. The first-order valence-electron chi connectivity index (χ1n) is 5.92. The molecular weight excluding hydrogens is 206 g/mol. The molecule has 0 saturated heterocycles. The van der Waals surface area contributed by atoms with Crippen molar-refractivity contribution in [2.75, 3.05) is 6.61 Å². The number of aromatic nitrogens is 3. The minimum Gasteiger partial charge on any atom is -0.383 e. The van der Waals surface area contributed by atoms with Gasteiger partial charge in [-0.2, -0.15) is 0 Å². The number of aryl methyl sites for hydroxylation is 1. The van der Waals surface area contributed by atoms with E-state index in [1.165, 1.54) is 0 Å². The number of rotatable bonds is 5. The summed E-state index contributed by atoms with van der Waals surface area (Å²) in [5, 5.41) is 18.3. The Hall–Kier alpha value is -0.940. The Balaban J connectivity index is 2.04. The van der Waals surface area contributed by atoms with Crippen molar-refractivity contribution in [1.82, 2.24) is 15.0 Å². The van der Waals surface area contributed by atoms with Crippen LogP contribution in [-0.4, -0.2) is 32.8 Å². The van der Waals surface area contributed by atoms with E-state index in [-0.39, 0.29) is 6.10 Å². The van der Waals surface area contributed by atoms with E-state index >= 15 is 0 Å². The first kappa shape index (κ1) is 11.5. The van der Waals surface area contributed by atoms with Gasteiger partial charge in [0, 0.05) is 26.0 Å². The lowest BCUT2D eigenvalue weighted by Crippen LogP contribution is -2.47. The van der Waals surface area contributed by atoms with Crippen molar-refractivity contribution >= 4 is 0 Å². The summed E-state index contributed by atoms with van der Waals surface area (Å²) in [6.07, 6.45) is 4.13. The van der Waals surface area contributed by atoms with E-state index < -0.39 is 5.60 Å². The van der Waals surface area contributed by atoms with Crippen LogP contribution in [0.3, 0.4) is 0 Å². The van der Waals surface area contributed by atoms with Gasteiger partial charge in [-0.25, -0.2) is 4.68 Å². The van der Waals surface area contributed by atoms with Gasteiger partial charge in [-0.15, -0.1) is 5.10 Å². The van der Waals surface area contributed by atoms with Gasteiger partial charge in [0.15, 0.2) is 0 Å². The van der Waals surface area contributed by atoms with E-state index in [0.29, 0.717) is 19.4 Å². The molecule has 0 aromatic carbocycles. The van der Waals surface area contributed by atoms with E-state index in [4.69, 9.17) is 4.74 Å². The van der Waals surface area contributed by atoms with Crippen LogP contribution in [0.15, 0.2) is 6.20 Å². The Morgan fingerprint density at radius 3 is 2.94 bits per heavy atom. The molecule has 1 heterocycles. The van der Waals surface area contributed by atoms with Crippen LogP contribution in [0.5, 0.6) is 0 Å². The van der Waals surface area contributed by atoms with E-state index in [0.717, 1.165) is 18.7 Å². The predicted octanol–water partition coefficient (Wildman–Crippen LogP) is 1.07. The Bertz CT molecular complexity index is 345. The van der Waals surface area contributed by atoms with Gasteiger partial charge in [0.1, 0.15) is 5.60 Å². The van der Waals surface area contributed by atoms with Crippen LogP contribution in [0.2, 0.25) is 0 Å². The van der Waals surface area contributed by atoms with Crippen molar-refractivity contribution in [2.24, 2.45) is 0 Å². The van der Waals surface area contributed by atoms with Crippen LogP contribution in [0, 0.1) is 0 Å². The predicted molar refractivity (Wildman–Crippen MR) is 58.9 cm³/mol. The summed E-state index contributed by atoms with van der Waals surface area (Å²) < 4.78 is 7.25. The third-order valence-electron chi connectivity index (χ3n) is 3.06. The van der Waals surface area contributed by atoms with Gasteiger partial charge in [-0.3, -0.25) is 0 Å². The average Bonchev–Trinajstić information content (AvgIpc) is 2.65. The Kier molecular flexibility index (Phi) is 3.25. The zero-order valence-corrected chi connectivity index (χ0v) is 9.89. The van der Waals surface area contributed by atoms with Crippen molar-refractivity contribution in [3.8, 4) is 0 Å². The number of ether oxygens (including phenoxy) is 1. The monoisotopic (exact) mass is 225 g/mol. The molecule has 0 aliphatic heterocycles. The highest BCUT2D eigenvalue weighted by atomic mass is 16.5. The van der Waals surface area contributed by atoms with Crippen LogP contribution in [0.25, 0.3) is 0 Å². The van der Waals surface area contributed by atoms with Crippen LogP contribution < -0.4 is 0 Å². The topological polar surface area (TPSA) is 60.2 Å². The van der Waals surface area contributed by atoms with Crippen molar-refractivity contribution in [2.45, 2.75) is 51.4 Å². The highest BCUT2D eigenvalue weighted by Crippen LogP contribution is 2.42. The van der Waals surface area contributed by atoms with Crippen LogP contribution in [0.4, 0.5) is 0 Å². The summed E-state index contributed by atoms with van der Waals surface area (Å²) in [6.45, 7) is 5.56. The highest BCUT2D eigenvalue weighted by molar-refractivity contribution is 5.14. The fourth-order valence-electron chi connectivity index (χ4n) is 2.25. The van der Waals surface area contributed by atoms with Crippen molar-refractivity contribution in [1.29, 1.82) is 0 Å². The molecular formula is C11H19N3O2. The average molecular weight is 225 g/mol. The van der Waals surface area contributed by atoms with Crippen LogP contribution >= 0.6 is 0 Å². The molecule has 0 atom stereocenters. The summed E-state index contributed by atoms with van der Waals surface area (Å²) in [6, 6.07) is 0. The third kappa shape index (κ3) is 1.97. The Labute approximate surface area is 95.4 Å².